The smallest absolute Gasteiger partial charge is 0.224 e. The van der Waals surface area contributed by atoms with Gasteiger partial charge in [0.1, 0.15) is 5.82 Å². The number of hydrogen-bond donors (Lipinski definition) is 1. The summed E-state index contributed by atoms with van der Waals surface area (Å²) in [7, 11) is -1.68. The summed E-state index contributed by atoms with van der Waals surface area (Å²) in [6, 6.07) is 0.427. The maximum atomic E-state index is 6.64. The minimum atomic E-state index is -1.68. The Hall–Kier alpha value is -0.173. The summed E-state index contributed by atoms with van der Waals surface area (Å²) in [6.45, 7) is 11.6. The van der Waals surface area contributed by atoms with E-state index in [0.717, 1.165) is 36.0 Å². The molecule has 25 heavy (non-hydrogen) atoms. The molecule has 0 radical (unpaired) electrons. The highest BCUT2D eigenvalue weighted by molar-refractivity contribution is 9.10. The molecule has 0 saturated heterocycles. The van der Waals surface area contributed by atoms with Crippen molar-refractivity contribution >= 4 is 41.7 Å². The molecule has 0 bridgehead atoms. The Morgan fingerprint density at radius 1 is 1.20 bits per heavy atom. The number of hydrogen-bond acceptors (Lipinski definition) is 4. The van der Waals surface area contributed by atoms with Crippen molar-refractivity contribution in [2.24, 2.45) is 0 Å². The maximum Gasteiger partial charge on any atom is 0.224 e. The van der Waals surface area contributed by atoms with E-state index in [-0.39, 0.29) is 10.3 Å². The molecule has 1 saturated carbocycles. The molecule has 0 aromatic carbocycles. The largest absolute Gasteiger partial charge is 0.414 e. The number of anilines is 1. The molecule has 1 fully saturated rings. The molecule has 1 aromatic heterocycles. The Morgan fingerprint density at radius 3 is 2.36 bits per heavy atom. The molecular weight excluding hydrogens is 418 g/mol. The van der Waals surface area contributed by atoms with Crippen LogP contribution in [0.1, 0.15) is 59.3 Å². The summed E-state index contributed by atoms with van der Waals surface area (Å²) in [6.07, 6.45) is 9.02. The summed E-state index contributed by atoms with van der Waals surface area (Å²) in [5, 5.41) is 4.08. The molecule has 1 aromatic rings. The van der Waals surface area contributed by atoms with Gasteiger partial charge in [-0.3, -0.25) is 0 Å². The SMILES string of the molecule is CC(C)(C)[Si](C)(C)OC1CCCC(Nc2nc(Cl)ncc2Br)CCC1. The van der Waals surface area contributed by atoms with Crippen LogP contribution >= 0.6 is 27.5 Å². The van der Waals surface area contributed by atoms with Crippen molar-refractivity contribution in [2.45, 2.75) is 89.6 Å². The van der Waals surface area contributed by atoms with Crippen molar-refractivity contribution in [3.05, 3.63) is 16.0 Å². The first kappa shape index (κ1) is 21.1. The summed E-state index contributed by atoms with van der Waals surface area (Å²) >= 11 is 9.41. The standard InChI is InChI=1S/C18H31BrClN3OSi/c1-18(2,3)25(4,5)24-14-10-6-8-13(9-7-11-14)22-16-15(19)12-21-17(20)23-16/h12-14H,6-11H2,1-5H3,(H,21,22,23). The lowest BCUT2D eigenvalue weighted by molar-refractivity contribution is 0.147. The quantitative estimate of drug-likeness (QED) is 0.426. The van der Waals surface area contributed by atoms with E-state index >= 15 is 0 Å². The first-order valence-corrected chi connectivity index (χ1v) is 13.3. The maximum absolute atomic E-state index is 6.64. The second kappa shape index (κ2) is 8.68. The average Bonchev–Trinajstić information content (AvgIpc) is 2.46. The molecule has 1 aliphatic rings. The van der Waals surface area contributed by atoms with Crippen LogP contribution < -0.4 is 5.32 Å². The van der Waals surface area contributed by atoms with E-state index in [9.17, 15) is 0 Å². The van der Waals surface area contributed by atoms with E-state index in [1.165, 1.54) is 12.8 Å². The molecule has 2 rings (SSSR count). The van der Waals surface area contributed by atoms with Gasteiger partial charge < -0.3 is 9.74 Å². The molecule has 0 amide bonds. The molecule has 0 spiro atoms. The van der Waals surface area contributed by atoms with E-state index in [0.29, 0.717) is 12.1 Å². The van der Waals surface area contributed by atoms with E-state index in [2.05, 4.69) is 65.1 Å². The molecule has 0 aliphatic heterocycles. The van der Waals surface area contributed by atoms with Gasteiger partial charge in [0.15, 0.2) is 8.32 Å². The van der Waals surface area contributed by atoms with Crippen LogP contribution in [0, 0.1) is 0 Å². The molecule has 0 unspecified atom stereocenters. The highest BCUT2D eigenvalue weighted by Crippen LogP contribution is 2.39. The summed E-state index contributed by atoms with van der Waals surface area (Å²) in [5.74, 6) is 0.791. The number of nitrogens with zero attached hydrogens (tertiary/aromatic N) is 2. The van der Waals surface area contributed by atoms with Crippen molar-refractivity contribution in [1.82, 2.24) is 9.97 Å². The molecule has 4 nitrogen and oxygen atoms in total. The normalized spacial score (nSPS) is 23.0. The summed E-state index contributed by atoms with van der Waals surface area (Å²) in [5.41, 5.74) is 0. The van der Waals surface area contributed by atoms with E-state index in [4.69, 9.17) is 16.0 Å². The van der Waals surface area contributed by atoms with Gasteiger partial charge in [0, 0.05) is 18.3 Å². The zero-order valence-corrected chi connectivity index (χ0v) is 19.4. The van der Waals surface area contributed by atoms with Gasteiger partial charge in [0.2, 0.25) is 5.28 Å². The van der Waals surface area contributed by atoms with Gasteiger partial charge in [-0.25, -0.2) is 4.98 Å². The zero-order chi connectivity index (χ0) is 18.7. The Labute approximate surface area is 166 Å². The predicted molar refractivity (Wildman–Crippen MR) is 112 cm³/mol. The average molecular weight is 449 g/mol. The first-order chi connectivity index (χ1) is 11.6. The fraction of sp³-hybridized carbons (Fsp3) is 0.778. The predicted octanol–water partition coefficient (Wildman–Crippen LogP) is 6.42. The second-order valence-corrected chi connectivity index (χ2v) is 14.5. The van der Waals surface area contributed by atoms with Gasteiger partial charge in [-0.15, -0.1) is 0 Å². The fourth-order valence-corrected chi connectivity index (χ4v) is 4.83. The van der Waals surface area contributed by atoms with Crippen LogP contribution in [0.3, 0.4) is 0 Å². The Kier molecular flexibility index (Phi) is 7.33. The Balaban J connectivity index is 1.89. The monoisotopic (exact) mass is 447 g/mol. The van der Waals surface area contributed by atoms with Crippen LogP contribution in [0.2, 0.25) is 23.4 Å². The van der Waals surface area contributed by atoms with Crippen LogP contribution in [0.4, 0.5) is 5.82 Å². The molecule has 1 aliphatic carbocycles. The van der Waals surface area contributed by atoms with Crippen LogP contribution in [0.15, 0.2) is 10.7 Å². The van der Waals surface area contributed by atoms with Crippen molar-refractivity contribution < 1.29 is 4.43 Å². The molecule has 1 heterocycles. The number of aromatic nitrogens is 2. The van der Waals surface area contributed by atoms with E-state index < -0.39 is 8.32 Å². The summed E-state index contributed by atoms with van der Waals surface area (Å²) in [4.78, 5) is 8.27. The van der Waals surface area contributed by atoms with Crippen LogP contribution in [0.5, 0.6) is 0 Å². The van der Waals surface area contributed by atoms with Crippen molar-refractivity contribution in [1.29, 1.82) is 0 Å². The van der Waals surface area contributed by atoms with Gasteiger partial charge in [0.25, 0.3) is 0 Å². The Bertz CT molecular complexity index is 570. The molecule has 0 atom stereocenters. The molecule has 7 heteroatoms. The Morgan fingerprint density at radius 2 is 1.80 bits per heavy atom. The van der Waals surface area contributed by atoms with E-state index in [1.807, 2.05) is 0 Å². The van der Waals surface area contributed by atoms with Crippen LogP contribution in [-0.4, -0.2) is 30.4 Å². The minimum Gasteiger partial charge on any atom is -0.414 e. The van der Waals surface area contributed by atoms with Gasteiger partial charge in [-0.05, 0) is 84.2 Å². The lowest BCUT2D eigenvalue weighted by Gasteiger charge is -2.40. The summed E-state index contributed by atoms with van der Waals surface area (Å²) < 4.78 is 7.50. The van der Waals surface area contributed by atoms with Gasteiger partial charge in [-0.2, -0.15) is 4.98 Å². The highest BCUT2D eigenvalue weighted by Gasteiger charge is 2.39. The number of halogens is 2. The van der Waals surface area contributed by atoms with Crippen molar-refractivity contribution in [3.63, 3.8) is 0 Å². The van der Waals surface area contributed by atoms with Crippen molar-refractivity contribution in [2.75, 3.05) is 5.32 Å². The lowest BCUT2D eigenvalue weighted by Crippen LogP contribution is -2.44. The highest BCUT2D eigenvalue weighted by atomic mass is 79.9. The number of rotatable bonds is 4. The topological polar surface area (TPSA) is 47.0 Å². The van der Waals surface area contributed by atoms with Gasteiger partial charge in [0.05, 0.1) is 4.47 Å². The molecule has 1 N–H and O–H groups in total. The van der Waals surface area contributed by atoms with E-state index in [1.54, 1.807) is 6.20 Å². The van der Waals surface area contributed by atoms with Crippen LogP contribution in [0.25, 0.3) is 0 Å². The minimum absolute atomic E-state index is 0.276. The van der Waals surface area contributed by atoms with Gasteiger partial charge in [-0.1, -0.05) is 20.8 Å². The molecule has 142 valence electrons. The van der Waals surface area contributed by atoms with Crippen molar-refractivity contribution in [3.8, 4) is 0 Å². The first-order valence-electron chi connectivity index (χ1n) is 9.21. The van der Waals surface area contributed by atoms with Crippen LogP contribution in [-0.2, 0) is 4.43 Å². The third-order valence-electron chi connectivity index (χ3n) is 5.48. The number of nitrogens with one attached hydrogen (secondary N) is 1. The molecular formula is C18H31BrClN3OSi. The van der Waals surface area contributed by atoms with Gasteiger partial charge >= 0.3 is 0 Å². The second-order valence-electron chi connectivity index (χ2n) is 8.54. The third kappa shape index (κ3) is 6.19. The lowest BCUT2D eigenvalue weighted by atomic mass is 9.95. The third-order valence-corrected chi connectivity index (χ3v) is 10.8. The zero-order valence-electron chi connectivity index (χ0n) is 16.0. The fourth-order valence-electron chi connectivity index (χ4n) is 2.97.